The molecule has 1 saturated heterocycles. The SMILES string of the molecule is CCNC(=NCc1ccc(CN2CCN(CC)CC2)cc1)NCCCn1nc(C)cc1C. The summed E-state index contributed by atoms with van der Waals surface area (Å²) in [5.74, 6) is 0.874. The van der Waals surface area contributed by atoms with E-state index < -0.39 is 0 Å². The number of nitrogens with one attached hydrogen (secondary N) is 2. The molecular weight excluding hydrogens is 398 g/mol. The largest absolute Gasteiger partial charge is 0.357 e. The number of aromatic nitrogens is 2. The Morgan fingerprint density at radius 3 is 2.28 bits per heavy atom. The van der Waals surface area contributed by atoms with Gasteiger partial charge < -0.3 is 15.5 Å². The summed E-state index contributed by atoms with van der Waals surface area (Å²) < 4.78 is 2.08. The summed E-state index contributed by atoms with van der Waals surface area (Å²) in [6, 6.07) is 11.1. The van der Waals surface area contributed by atoms with Gasteiger partial charge in [-0.15, -0.1) is 0 Å². The highest BCUT2D eigenvalue weighted by Gasteiger charge is 2.15. The van der Waals surface area contributed by atoms with Crippen molar-refractivity contribution in [3.05, 3.63) is 52.8 Å². The number of likely N-dealkylation sites (N-methyl/N-ethyl adjacent to an activating group) is 1. The maximum absolute atomic E-state index is 4.77. The van der Waals surface area contributed by atoms with E-state index in [1.54, 1.807) is 0 Å². The first-order valence-corrected chi connectivity index (χ1v) is 12.1. The standard InChI is InChI=1S/C25H41N7/c1-5-26-25(27-12-7-13-32-22(4)18-21(3)29-32)28-19-23-8-10-24(11-9-23)20-31-16-14-30(6-2)15-17-31/h8-11,18H,5-7,12-17,19-20H2,1-4H3,(H2,26,27,28). The van der Waals surface area contributed by atoms with Crippen molar-refractivity contribution < 1.29 is 0 Å². The van der Waals surface area contributed by atoms with E-state index in [9.17, 15) is 0 Å². The molecule has 1 aromatic carbocycles. The van der Waals surface area contributed by atoms with Crippen molar-refractivity contribution in [2.24, 2.45) is 4.99 Å². The lowest BCUT2D eigenvalue weighted by Crippen LogP contribution is -2.45. The van der Waals surface area contributed by atoms with Crippen LogP contribution in [0, 0.1) is 13.8 Å². The zero-order valence-corrected chi connectivity index (χ0v) is 20.4. The Morgan fingerprint density at radius 2 is 1.66 bits per heavy atom. The summed E-state index contributed by atoms with van der Waals surface area (Å²) in [4.78, 5) is 9.84. The van der Waals surface area contributed by atoms with Crippen LogP contribution < -0.4 is 10.6 Å². The molecule has 1 aliphatic rings. The van der Waals surface area contributed by atoms with E-state index >= 15 is 0 Å². The molecule has 0 saturated carbocycles. The summed E-state index contributed by atoms with van der Waals surface area (Å²) in [5.41, 5.74) is 4.92. The van der Waals surface area contributed by atoms with E-state index in [4.69, 9.17) is 4.99 Å². The second kappa shape index (κ2) is 12.6. The third-order valence-corrected chi connectivity index (χ3v) is 6.05. The molecule has 1 aliphatic heterocycles. The molecule has 0 bridgehead atoms. The normalized spacial score (nSPS) is 15.8. The van der Waals surface area contributed by atoms with Crippen LogP contribution in [-0.4, -0.2) is 71.4 Å². The molecule has 0 atom stereocenters. The van der Waals surface area contributed by atoms with Gasteiger partial charge in [-0.3, -0.25) is 9.58 Å². The number of guanidine groups is 1. The van der Waals surface area contributed by atoms with Crippen molar-refractivity contribution in [3.8, 4) is 0 Å². The van der Waals surface area contributed by atoms with Gasteiger partial charge in [-0.05, 0) is 50.9 Å². The van der Waals surface area contributed by atoms with E-state index in [1.165, 1.54) is 29.9 Å². The van der Waals surface area contributed by atoms with Gasteiger partial charge in [0, 0.05) is 58.1 Å². The van der Waals surface area contributed by atoms with E-state index in [0.29, 0.717) is 6.54 Å². The van der Waals surface area contributed by atoms with Gasteiger partial charge in [0.05, 0.1) is 12.2 Å². The molecule has 0 amide bonds. The van der Waals surface area contributed by atoms with Crippen molar-refractivity contribution in [2.75, 3.05) is 45.8 Å². The Hall–Kier alpha value is -2.38. The van der Waals surface area contributed by atoms with Gasteiger partial charge in [0.25, 0.3) is 0 Å². The van der Waals surface area contributed by atoms with Gasteiger partial charge in [0.15, 0.2) is 5.96 Å². The molecule has 1 fully saturated rings. The first kappa shape index (κ1) is 24.3. The lowest BCUT2D eigenvalue weighted by atomic mass is 10.1. The van der Waals surface area contributed by atoms with Crippen LogP contribution in [0.2, 0.25) is 0 Å². The number of piperazine rings is 1. The van der Waals surface area contributed by atoms with Gasteiger partial charge >= 0.3 is 0 Å². The number of benzene rings is 1. The van der Waals surface area contributed by atoms with Crippen LogP contribution >= 0.6 is 0 Å². The van der Waals surface area contributed by atoms with Crippen molar-refractivity contribution >= 4 is 5.96 Å². The molecule has 2 N–H and O–H groups in total. The molecule has 7 nitrogen and oxygen atoms in total. The van der Waals surface area contributed by atoms with Gasteiger partial charge in [-0.25, -0.2) is 4.99 Å². The van der Waals surface area contributed by atoms with Crippen LogP contribution in [0.5, 0.6) is 0 Å². The topological polar surface area (TPSA) is 60.7 Å². The monoisotopic (exact) mass is 439 g/mol. The predicted molar refractivity (Wildman–Crippen MR) is 133 cm³/mol. The molecule has 7 heteroatoms. The summed E-state index contributed by atoms with van der Waals surface area (Å²) in [6.07, 6.45) is 1.01. The second-order valence-corrected chi connectivity index (χ2v) is 8.65. The summed E-state index contributed by atoms with van der Waals surface area (Å²) in [5, 5.41) is 11.3. The summed E-state index contributed by atoms with van der Waals surface area (Å²) in [7, 11) is 0. The number of hydrogen-bond donors (Lipinski definition) is 2. The fourth-order valence-corrected chi connectivity index (χ4v) is 4.12. The highest BCUT2D eigenvalue weighted by atomic mass is 15.3. The highest BCUT2D eigenvalue weighted by molar-refractivity contribution is 5.79. The van der Waals surface area contributed by atoms with Crippen molar-refractivity contribution in [2.45, 2.75) is 53.8 Å². The zero-order chi connectivity index (χ0) is 22.8. The molecule has 3 rings (SSSR count). The first-order chi connectivity index (χ1) is 15.6. The number of hydrogen-bond acceptors (Lipinski definition) is 4. The molecule has 0 unspecified atom stereocenters. The smallest absolute Gasteiger partial charge is 0.191 e. The Kier molecular flexibility index (Phi) is 9.56. The maximum atomic E-state index is 4.77. The zero-order valence-electron chi connectivity index (χ0n) is 20.4. The second-order valence-electron chi connectivity index (χ2n) is 8.65. The van der Waals surface area contributed by atoms with Crippen LogP contribution in [0.15, 0.2) is 35.3 Å². The molecule has 0 aliphatic carbocycles. The van der Waals surface area contributed by atoms with Gasteiger partial charge in [0.1, 0.15) is 0 Å². The highest BCUT2D eigenvalue weighted by Crippen LogP contribution is 2.11. The lowest BCUT2D eigenvalue weighted by Gasteiger charge is -2.34. The van der Waals surface area contributed by atoms with Gasteiger partial charge in [-0.1, -0.05) is 31.2 Å². The van der Waals surface area contributed by atoms with Crippen LogP contribution in [0.1, 0.15) is 42.8 Å². The molecule has 32 heavy (non-hydrogen) atoms. The Labute approximate surface area is 193 Å². The minimum absolute atomic E-state index is 0.683. The summed E-state index contributed by atoms with van der Waals surface area (Å²) >= 11 is 0. The third kappa shape index (κ3) is 7.64. The van der Waals surface area contributed by atoms with Crippen molar-refractivity contribution in [3.63, 3.8) is 0 Å². The number of rotatable bonds is 10. The van der Waals surface area contributed by atoms with E-state index in [2.05, 4.69) is 81.3 Å². The first-order valence-electron chi connectivity index (χ1n) is 12.1. The molecule has 0 spiro atoms. The molecule has 176 valence electrons. The molecular formula is C25H41N7. The fraction of sp³-hybridized carbons (Fsp3) is 0.600. The summed E-state index contributed by atoms with van der Waals surface area (Å²) in [6.45, 7) is 18.7. The van der Waals surface area contributed by atoms with E-state index in [-0.39, 0.29) is 0 Å². The quantitative estimate of drug-likeness (QED) is 0.339. The van der Waals surface area contributed by atoms with Crippen molar-refractivity contribution in [1.82, 2.24) is 30.2 Å². The number of aryl methyl sites for hydroxylation is 3. The van der Waals surface area contributed by atoms with Crippen LogP contribution in [0.4, 0.5) is 0 Å². The maximum Gasteiger partial charge on any atom is 0.191 e. The molecule has 0 radical (unpaired) electrons. The van der Waals surface area contributed by atoms with Gasteiger partial charge in [-0.2, -0.15) is 5.10 Å². The number of aliphatic imine (C=N–C) groups is 1. The predicted octanol–water partition coefficient (Wildman–Crippen LogP) is 2.78. The number of nitrogens with zero attached hydrogens (tertiary/aromatic N) is 5. The van der Waals surface area contributed by atoms with Crippen LogP contribution in [-0.2, 0) is 19.6 Å². The average molecular weight is 440 g/mol. The minimum atomic E-state index is 0.683. The Bertz CT molecular complexity index is 832. The minimum Gasteiger partial charge on any atom is -0.357 e. The molecule has 1 aromatic heterocycles. The van der Waals surface area contributed by atoms with Gasteiger partial charge in [0.2, 0.25) is 0 Å². The van der Waals surface area contributed by atoms with Crippen LogP contribution in [0.25, 0.3) is 0 Å². The Morgan fingerprint density at radius 1 is 0.969 bits per heavy atom. The van der Waals surface area contributed by atoms with E-state index in [0.717, 1.165) is 63.9 Å². The lowest BCUT2D eigenvalue weighted by molar-refractivity contribution is 0.132. The van der Waals surface area contributed by atoms with Crippen LogP contribution in [0.3, 0.4) is 0 Å². The fourth-order valence-electron chi connectivity index (χ4n) is 4.12. The molecule has 2 heterocycles. The third-order valence-electron chi connectivity index (χ3n) is 6.05. The van der Waals surface area contributed by atoms with E-state index in [1.807, 2.05) is 6.92 Å². The molecule has 2 aromatic rings. The Balaban J connectivity index is 1.43. The average Bonchev–Trinajstić information content (AvgIpc) is 3.13. The van der Waals surface area contributed by atoms with Crippen molar-refractivity contribution in [1.29, 1.82) is 0 Å².